The molecule has 44 heavy (non-hydrogen) atoms. The van der Waals surface area contributed by atoms with Gasteiger partial charge in [0.05, 0.1) is 30.0 Å². The monoisotopic (exact) mass is 642 g/mol. The summed E-state index contributed by atoms with van der Waals surface area (Å²) in [5, 5.41) is 14.9. The van der Waals surface area contributed by atoms with E-state index in [4.69, 9.17) is 26.4 Å². The molecule has 0 unspecified atom stereocenters. The van der Waals surface area contributed by atoms with E-state index in [0.29, 0.717) is 41.7 Å². The van der Waals surface area contributed by atoms with Crippen LogP contribution in [0.25, 0.3) is 0 Å². The quantitative estimate of drug-likeness (QED) is 0.372. The van der Waals surface area contributed by atoms with Crippen molar-refractivity contribution in [2.45, 2.75) is 12.1 Å². The molecule has 228 valence electrons. The zero-order valence-electron chi connectivity index (χ0n) is 23.2. The van der Waals surface area contributed by atoms with E-state index in [2.05, 4.69) is 15.2 Å². The van der Waals surface area contributed by atoms with Gasteiger partial charge in [0.15, 0.2) is 10.8 Å². The normalized spacial score (nSPS) is 20.4. The number of methoxy groups -OCH3 is 1. The Bertz CT molecular complexity index is 1720. The largest absolute Gasteiger partial charge is 0.478 e. The highest BCUT2D eigenvalue weighted by Crippen LogP contribution is 2.37. The second kappa shape index (κ2) is 11.9. The van der Waals surface area contributed by atoms with Crippen molar-refractivity contribution in [1.29, 1.82) is 0 Å². The van der Waals surface area contributed by atoms with Crippen LogP contribution in [0.3, 0.4) is 0 Å². The van der Waals surface area contributed by atoms with Gasteiger partial charge in [-0.2, -0.15) is 0 Å². The molecular weight excluding hydrogens is 618 g/mol. The van der Waals surface area contributed by atoms with Gasteiger partial charge in [0.2, 0.25) is 0 Å². The summed E-state index contributed by atoms with van der Waals surface area (Å²) in [4.78, 5) is 51.8. The van der Waals surface area contributed by atoms with E-state index in [1.165, 1.54) is 47.6 Å². The van der Waals surface area contributed by atoms with Gasteiger partial charge in [-0.1, -0.05) is 17.7 Å². The number of nitrogens with zero attached hydrogens (tertiary/aromatic N) is 5. The number of piperazine rings is 1. The first-order chi connectivity index (χ1) is 21.1. The number of anilines is 1. The van der Waals surface area contributed by atoms with E-state index in [0.717, 1.165) is 12.1 Å². The summed E-state index contributed by atoms with van der Waals surface area (Å²) < 4.78 is 33.9. The molecule has 4 heterocycles. The molecule has 6 rings (SSSR count). The number of thiazole rings is 1. The zero-order valence-corrected chi connectivity index (χ0v) is 24.7. The van der Waals surface area contributed by atoms with Gasteiger partial charge >= 0.3 is 18.0 Å². The van der Waals surface area contributed by atoms with Crippen LogP contribution in [0.5, 0.6) is 0 Å². The Balaban J connectivity index is 1.29. The van der Waals surface area contributed by atoms with Crippen LogP contribution in [0.4, 0.5) is 19.3 Å². The smallest absolute Gasteiger partial charge is 0.338 e. The molecule has 3 aliphatic rings. The lowest BCUT2D eigenvalue weighted by molar-refractivity contribution is -0.136. The number of nitrogens with one attached hydrogen (secondary N) is 1. The van der Waals surface area contributed by atoms with Gasteiger partial charge in [-0.25, -0.2) is 28.1 Å². The van der Waals surface area contributed by atoms with Crippen molar-refractivity contribution in [3.63, 3.8) is 0 Å². The number of amidine groups is 1. The second-order valence-corrected chi connectivity index (χ2v) is 11.6. The molecule has 2 amide bonds. The maximum absolute atomic E-state index is 14.8. The minimum Gasteiger partial charge on any atom is -0.478 e. The number of fused-ring (bicyclic) bond motifs is 1. The Morgan fingerprint density at radius 1 is 1.18 bits per heavy atom. The van der Waals surface area contributed by atoms with E-state index >= 15 is 0 Å². The third-order valence-electron chi connectivity index (χ3n) is 7.73. The first-order valence-electron chi connectivity index (χ1n) is 13.5. The summed E-state index contributed by atoms with van der Waals surface area (Å²) in [6, 6.07) is 5.77. The summed E-state index contributed by atoms with van der Waals surface area (Å²) in [5.74, 6) is -2.82. The van der Waals surface area contributed by atoms with Crippen LogP contribution >= 0.6 is 22.9 Å². The lowest BCUT2D eigenvalue weighted by Gasteiger charge is -2.38. The highest BCUT2D eigenvalue weighted by Gasteiger charge is 2.43. The Morgan fingerprint density at radius 3 is 2.68 bits per heavy atom. The summed E-state index contributed by atoms with van der Waals surface area (Å²) in [7, 11) is 1.26. The van der Waals surface area contributed by atoms with E-state index < -0.39 is 29.6 Å². The van der Waals surface area contributed by atoms with Crippen LogP contribution in [0.2, 0.25) is 5.02 Å². The predicted octanol–water partition coefficient (Wildman–Crippen LogP) is 3.92. The van der Waals surface area contributed by atoms with Crippen LogP contribution in [0.1, 0.15) is 27.0 Å². The Labute approximate surface area is 259 Å². The number of halogens is 3. The number of aliphatic imine (C=N–C) groups is 1. The van der Waals surface area contributed by atoms with Crippen LogP contribution in [-0.4, -0.2) is 89.6 Å². The van der Waals surface area contributed by atoms with E-state index in [-0.39, 0.29) is 47.0 Å². The fraction of sp³-hybridized carbons (Fsp3) is 0.276. The number of carbonyl (C=O) groups excluding carboxylic acids is 2. The molecule has 0 aliphatic carbocycles. The Kier molecular flexibility index (Phi) is 8.05. The number of amides is 2. The first kappa shape index (κ1) is 29.7. The number of benzene rings is 2. The molecule has 11 nitrogen and oxygen atoms in total. The highest BCUT2D eigenvalue weighted by molar-refractivity contribution is 7.11. The number of aromatic nitrogens is 1. The lowest BCUT2D eigenvalue weighted by Crippen LogP contribution is -2.53. The number of carboxylic acid groups (broad SMARTS) is 1. The number of ether oxygens (including phenoxy) is 1. The van der Waals surface area contributed by atoms with Crippen molar-refractivity contribution in [2.24, 2.45) is 4.99 Å². The molecule has 2 saturated heterocycles. The van der Waals surface area contributed by atoms with Crippen LogP contribution in [0, 0.1) is 11.6 Å². The molecule has 0 bridgehead atoms. The SMILES string of the molecule is COC(=O)C1=C(CN2CCN3C(=O)N(c4ccc(C(=O)O)cc4F)C[C@@H]3C2)NC(c2nccs2)=N[C@H]1c1ccc(F)cc1Cl. The van der Waals surface area contributed by atoms with Gasteiger partial charge in [-0.15, -0.1) is 11.3 Å². The van der Waals surface area contributed by atoms with E-state index in [1.54, 1.807) is 16.5 Å². The summed E-state index contributed by atoms with van der Waals surface area (Å²) in [5.41, 5.74) is 0.909. The maximum Gasteiger partial charge on any atom is 0.338 e. The molecule has 3 aliphatic heterocycles. The molecule has 3 aromatic rings. The van der Waals surface area contributed by atoms with Gasteiger partial charge in [-0.3, -0.25) is 14.8 Å². The molecule has 0 saturated carbocycles. The van der Waals surface area contributed by atoms with Crippen molar-refractivity contribution >= 4 is 52.4 Å². The highest BCUT2D eigenvalue weighted by atomic mass is 35.5. The van der Waals surface area contributed by atoms with Gasteiger partial charge < -0.3 is 20.1 Å². The number of esters is 1. The van der Waals surface area contributed by atoms with Gasteiger partial charge in [-0.05, 0) is 30.3 Å². The second-order valence-electron chi connectivity index (χ2n) is 10.3. The molecule has 2 atom stereocenters. The minimum atomic E-state index is -1.26. The summed E-state index contributed by atoms with van der Waals surface area (Å²) in [6.45, 7) is 1.62. The van der Waals surface area contributed by atoms with Crippen molar-refractivity contribution < 1.29 is 33.0 Å². The fourth-order valence-electron chi connectivity index (χ4n) is 5.67. The number of rotatable bonds is 7. The molecule has 15 heteroatoms. The molecule has 2 fully saturated rings. The number of hydrogen-bond donors (Lipinski definition) is 2. The summed E-state index contributed by atoms with van der Waals surface area (Å²) >= 11 is 7.79. The van der Waals surface area contributed by atoms with Crippen LogP contribution < -0.4 is 10.2 Å². The molecule has 0 spiro atoms. The Hall–Kier alpha value is -4.40. The van der Waals surface area contributed by atoms with E-state index in [9.17, 15) is 23.2 Å². The zero-order chi connectivity index (χ0) is 31.1. The standard InChI is InChI=1S/C29H25ClF2N6O5S/c1-43-28(41)23-21(34-25(26-33-6-9-44-26)35-24(23)18-4-3-16(31)11-19(18)30)14-36-7-8-37-17(12-36)13-38(29(37)42)22-5-2-15(27(39)40)10-20(22)32/h2-6,9-11,17,24H,7-8,12-14H2,1H3,(H,34,35)(H,39,40)/t17-,24-/m0/s1. The van der Waals surface area contributed by atoms with Crippen LogP contribution in [-0.2, 0) is 9.53 Å². The predicted molar refractivity (Wildman–Crippen MR) is 158 cm³/mol. The van der Waals surface area contributed by atoms with Crippen molar-refractivity contribution in [1.82, 2.24) is 20.1 Å². The van der Waals surface area contributed by atoms with Crippen LogP contribution in [0.15, 0.2) is 64.2 Å². The average molecular weight is 643 g/mol. The van der Waals surface area contributed by atoms with Crippen molar-refractivity contribution in [3.05, 3.63) is 92.0 Å². The molecule has 0 radical (unpaired) electrons. The van der Waals surface area contributed by atoms with Gasteiger partial charge in [0, 0.05) is 60.6 Å². The summed E-state index contributed by atoms with van der Waals surface area (Å²) in [6.07, 6.45) is 1.63. The third-order valence-corrected chi connectivity index (χ3v) is 8.83. The number of carbonyl (C=O) groups is 3. The number of hydrogen-bond acceptors (Lipinski definition) is 9. The topological polar surface area (TPSA) is 128 Å². The molecular formula is C29H25ClF2N6O5S. The molecule has 2 N–H and O–H groups in total. The third kappa shape index (κ3) is 5.51. The lowest BCUT2D eigenvalue weighted by atomic mass is 9.95. The van der Waals surface area contributed by atoms with Gasteiger partial charge in [0.25, 0.3) is 0 Å². The molecule has 1 aromatic heterocycles. The number of urea groups is 1. The minimum absolute atomic E-state index is 0.00824. The van der Waals surface area contributed by atoms with Crippen molar-refractivity contribution in [3.8, 4) is 0 Å². The van der Waals surface area contributed by atoms with E-state index in [1.807, 2.05) is 0 Å². The number of carboxylic acids is 1. The van der Waals surface area contributed by atoms with Gasteiger partial charge in [0.1, 0.15) is 17.7 Å². The molecule has 2 aromatic carbocycles. The fourth-order valence-corrected chi connectivity index (χ4v) is 6.53. The number of aromatic carboxylic acids is 1. The Morgan fingerprint density at radius 2 is 2.00 bits per heavy atom. The van der Waals surface area contributed by atoms with Crippen molar-refractivity contribution in [2.75, 3.05) is 44.7 Å². The maximum atomic E-state index is 14.8. The average Bonchev–Trinajstić information content (AvgIpc) is 3.65. The first-order valence-corrected chi connectivity index (χ1v) is 14.7.